The summed E-state index contributed by atoms with van der Waals surface area (Å²) in [4.78, 5) is 23.4. The van der Waals surface area contributed by atoms with E-state index in [1.54, 1.807) is 6.08 Å². The molecule has 0 radical (unpaired) electrons. The second kappa shape index (κ2) is 6.58. The quantitative estimate of drug-likeness (QED) is 0.528. The zero-order valence-corrected chi connectivity index (χ0v) is 10.8. The molecule has 1 fully saturated rings. The van der Waals surface area contributed by atoms with Gasteiger partial charge in [0.15, 0.2) is 0 Å². The van der Waals surface area contributed by atoms with Crippen LogP contribution in [0.3, 0.4) is 0 Å². The number of ketones is 1. The highest BCUT2D eigenvalue weighted by atomic mass is 16.5. The van der Waals surface area contributed by atoms with Crippen molar-refractivity contribution in [2.75, 3.05) is 6.61 Å². The normalized spacial score (nSPS) is 24.1. The maximum absolute atomic E-state index is 11.9. The van der Waals surface area contributed by atoms with Crippen LogP contribution in [0.15, 0.2) is 12.7 Å². The molecule has 0 spiro atoms. The lowest BCUT2D eigenvalue weighted by Crippen LogP contribution is -2.19. The minimum Gasteiger partial charge on any atom is -0.465 e. The molecule has 1 aliphatic rings. The van der Waals surface area contributed by atoms with Crippen LogP contribution in [0.5, 0.6) is 0 Å². The summed E-state index contributed by atoms with van der Waals surface area (Å²) in [5.41, 5.74) is 0. The summed E-state index contributed by atoms with van der Waals surface area (Å²) >= 11 is 0. The molecule has 2 atom stereocenters. The molecule has 1 aliphatic carbocycles. The van der Waals surface area contributed by atoms with Crippen LogP contribution < -0.4 is 0 Å². The molecule has 0 amide bonds. The fourth-order valence-corrected chi connectivity index (χ4v) is 2.18. The number of hydrogen-bond donors (Lipinski definition) is 0. The third-order valence-corrected chi connectivity index (χ3v) is 3.11. The standard InChI is InChI=1S/C14H22O3/c1-4-5-11-6-7-12(14(11)16)8-13(15)17-9-10(2)3/h4,10-12H,1,5-9H2,2-3H3/t11?,12-/m0/s1. The lowest BCUT2D eigenvalue weighted by Gasteiger charge is -2.10. The van der Waals surface area contributed by atoms with Gasteiger partial charge in [0.1, 0.15) is 5.78 Å². The predicted octanol–water partition coefficient (Wildman–Crippen LogP) is 2.75. The van der Waals surface area contributed by atoms with Gasteiger partial charge in [-0.1, -0.05) is 19.9 Å². The largest absolute Gasteiger partial charge is 0.465 e. The Morgan fingerprint density at radius 2 is 2.12 bits per heavy atom. The van der Waals surface area contributed by atoms with Crippen molar-refractivity contribution in [2.24, 2.45) is 17.8 Å². The molecule has 96 valence electrons. The molecule has 0 N–H and O–H groups in total. The minimum atomic E-state index is -0.240. The van der Waals surface area contributed by atoms with Gasteiger partial charge in [0.25, 0.3) is 0 Å². The van der Waals surface area contributed by atoms with Crippen molar-refractivity contribution >= 4 is 11.8 Å². The molecule has 1 rings (SSSR count). The SMILES string of the molecule is C=CCC1CC[C@@H](CC(=O)OCC(C)C)C1=O. The molecule has 1 unspecified atom stereocenters. The summed E-state index contributed by atoms with van der Waals surface area (Å²) in [6, 6.07) is 0. The van der Waals surface area contributed by atoms with Gasteiger partial charge in [-0.3, -0.25) is 9.59 Å². The van der Waals surface area contributed by atoms with Gasteiger partial charge in [-0.25, -0.2) is 0 Å². The zero-order chi connectivity index (χ0) is 12.8. The number of rotatable bonds is 6. The Morgan fingerprint density at radius 3 is 2.71 bits per heavy atom. The van der Waals surface area contributed by atoms with Crippen LogP contribution in [-0.2, 0) is 14.3 Å². The molecule has 3 heteroatoms. The van der Waals surface area contributed by atoms with E-state index in [9.17, 15) is 9.59 Å². The van der Waals surface area contributed by atoms with Gasteiger partial charge in [-0.15, -0.1) is 6.58 Å². The molecule has 0 saturated heterocycles. The first-order valence-corrected chi connectivity index (χ1v) is 6.34. The van der Waals surface area contributed by atoms with E-state index in [1.807, 2.05) is 13.8 Å². The van der Waals surface area contributed by atoms with E-state index >= 15 is 0 Å². The Kier molecular flexibility index (Phi) is 5.39. The second-order valence-corrected chi connectivity index (χ2v) is 5.18. The molecule has 3 nitrogen and oxygen atoms in total. The van der Waals surface area contributed by atoms with E-state index < -0.39 is 0 Å². The number of carbonyl (C=O) groups excluding carboxylic acids is 2. The minimum absolute atomic E-state index is 0.0791. The monoisotopic (exact) mass is 238 g/mol. The fourth-order valence-electron chi connectivity index (χ4n) is 2.18. The molecule has 17 heavy (non-hydrogen) atoms. The lowest BCUT2D eigenvalue weighted by molar-refractivity contribution is -0.147. The molecule has 0 aromatic heterocycles. The smallest absolute Gasteiger partial charge is 0.306 e. The van der Waals surface area contributed by atoms with Crippen LogP contribution >= 0.6 is 0 Å². The van der Waals surface area contributed by atoms with Crippen LogP contribution in [0.4, 0.5) is 0 Å². The van der Waals surface area contributed by atoms with Crippen LogP contribution in [-0.4, -0.2) is 18.4 Å². The molecule has 1 saturated carbocycles. The first-order chi connectivity index (χ1) is 8.04. The Hall–Kier alpha value is -1.12. The molecular weight excluding hydrogens is 216 g/mol. The first-order valence-electron chi connectivity index (χ1n) is 6.34. The van der Waals surface area contributed by atoms with Gasteiger partial charge in [0.05, 0.1) is 13.0 Å². The highest BCUT2D eigenvalue weighted by molar-refractivity contribution is 5.88. The Balaban J connectivity index is 2.35. The summed E-state index contributed by atoms with van der Waals surface area (Å²) in [6.45, 7) is 8.08. The van der Waals surface area contributed by atoms with E-state index in [4.69, 9.17) is 4.74 Å². The molecule has 0 aromatic carbocycles. The van der Waals surface area contributed by atoms with Crippen LogP contribution in [0.2, 0.25) is 0 Å². The van der Waals surface area contributed by atoms with E-state index in [0.29, 0.717) is 12.5 Å². The van der Waals surface area contributed by atoms with Crippen LogP contribution in [0, 0.1) is 17.8 Å². The van der Waals surface area contributed by atoms with Gasteiger partial charge >= 0.3 is 5.97 Å². The molecule has 0 aliphatic heterocycles. The summed E-state index contributed by atoms with van der Waals surface area (Å²) < 4.78 is 5.10. The average molecular weight is 238 g/mol. The first kappa shape index (κ1) is 13.9. The number of carbonyl (C=O) groups is 2. The van der Waals surface area contributed by atoms with Crippen LogP contribution in [0.25, 0.3) is 0 Å². The maximum atomic E-state index is 11.9. The summed E-state index contributed by atoms with van der Waals surface area (Å²) in [5.74, 6) is 0.268. The fraction of sp³-hybridized carbons (Fsp3) is 0.714. The second-order valence-electron chi connectivity index (χ2n) is 5.18. The summed E-state index contributed by atoms with van der Waals surface area (Å²) in [7, 11) is 0. The average Bonchev–Trinajstić information content (AvgIpc) is 2.59. The van der Waals surface area contributed by atoms with E-state index in [1.165, 1.54) is 0 Å². The van der Waals surface area contributed by atoms with Crippen molar-refractivity contribution in [3.63, 3.8) is 0 Å². The summed E-state index contributed by atoms with van der Waals surface area (Å²) in [6.07, 6.45) is 4.46. The molecule has 0 heterocycles. The van der Waals surface area contributed by atoms with Crippen molar-refractivity contribution in [1.82, 2.24) is 0 Å². The van der Waals surface area contributed by atoms with E-state index in [0.717, 1.165) is 19.3 Å². The maximum Gasteiger partial charge on any atom is 0.306 e. The number of allylic oxidation sites excluding steroid dienone is 1. The molecule has 0 aromatic rings. The van der Waals surface area contributed by atoms with Crippen molar-refractivity contribution < 1.29 is 14.3 Å². The van der Waals surface area contributed by atoms with E-state index in [-0.39, 0.29) is 30.0 Å². The van der Waals surface area contributed by atoms with Crippen LogP contribution in [0.1, 0.15) is 39.5 Å². The van der Waals surface area contributed by atoms with Crippen molar-refractivity contribution in [2.45, 2.75) is 39.5 Å². The van der Waals surface area contributed by atoms with Gasteiger partial charge in [-0.05, 0) is 25.2 Å². The Labute approximate surface area is 103 Å². The zero-order valence-electron chi connectivity index (χ0n) is 10.8. The molecular formula is C14H22O3. The van der Waals surface area contributed by atoms with Gasteiger partial charge in [0, 0.05) is 11.8 Å². The van der Waals surface area contributed by atoms with Gasteiger partial charge in [0.2, 0.25) is 0 Å². The third kappa shape index (κ3) is 4.33. The Bertz CT molecular complexity index is 294. The number of esters is 1. The highest BCUT2D eigenvalue weighted by Crippen LogP contribution is 2.32. The number of Topliss-reactive ketones (excluding diaryl/α,β-unsaturated/α-hetero) is 1. The van der Waals surface area contributed by atoms with Crippen molar-refractivity contribution in [3.05, 3.63) is 12.7 Å². The van der Waals surface area contributed by atoms with Crippen molar-refractivity contribution in [1.29, 1.82) is 0 Å². The van der Waals surface area contributed by atoms with Gasteiger partial charge in [-0.2, -0.15) is 0 Å². The lowest BCUT2D eigenvalue weighted by atomic mass is 9.98. The number of ether oxygens (including phenoxy) is 1. The highest BCUT2D eigenvalue weighted by Gasteiger charge is 2.34. The third-order valence-electron chi connectivity index (χ3n) is 3.11. The summed E-state index contributed by atoms with van der Waals surface area (Å²) in [5, 5.41) is 0. The molecule has 0 bridgehead atoms. The number of hydrogen-bond acceptors (Lipinski definition) is 3. The Morgan fingerprint density at radius 1 is 1.47 bits per heavy atom. The topological polar surface area (TPSA) is 43.4 Å². The van der Waals surface area contributed by atoms with Gasteiger partial charge < -0.3 is 4.74 Å². The van der Waals surface area contributed by atoms with E-state index in [2.05, 4.69) is 6.58 Å². The predicted molar refractivity (Wildman–Crippen MR) is 66.4 cm³/mol. The van der Waals surface area contributed by atoms with Crippen molar-refractivity contribution in [3.8, 4) is 0 Å².